The van der Waals surface area contributed by atoms with Crippen LogP contribution in [0.1, 0.15) is 11.1 Å². The number of anilines is 1. The van der Waals surface area contributed by atoms with E-state index in [1.165, 1.54) is 6.07 Å². The lowest BCUT2D eigenvalue weighted by atomic mass is 10.0. The van der Waals surface area contributed by atoms with Crippen molar-refractivity contribution >= 4 is 15.7 Å². The van der Waals surface area contributed by atoms with Gasteiger partial charge in [-0.1, -0.05) is 54.6 Å². The minimum atomic E-state index is -4.06. The number of nitrogens with one attached hydrogen (secondary N) is 1. The van der Waals surface area contributed by atoms with Crippen LogP contribution in [0, 0.1) is 0 Å². The molecule has 0 fully saturated rings. The zero-order valence-corrected chi connectivity index (χ0v) is 17.3. The lowest BCUT2D eigenvalue weighted by molar-refractivity contribution is 0.469. The first-order valence-corrected chi connectivity index (χ1v) is 11.0. The highest BCUT2D eigenvalue weighted by molar-refractivity contribution is 7.89. The summed E-state index contributed by atoms with van der Waals surface area (Å²) in [5.74, 6) is 0.649. The predicted octanol–water partition coefficient (Wildman–Crippen LogP) is 3.79. The smallest absolute Gasteiger partial charge is 0.241 e. The van der Waals surface area contributed by atoms with Gasteiger partial charge in [-0.2, -0.15) is 0 Å². The molecule has 0 aliphatic heterocycles. The second-order valence-corrected chi connectivity index (χ2v) is 8.40. The maximum absolute atomic E-state index is 12.4. The van der Waals surface area contributed by atoms with Crippen LogP contribution in [-0.2, 0) is 23.0 Å². The van der Waals surface area contributed by atoms with Crippen molar-refractivity contribution < 1.29 is 13.2 Å². The highest BCUT2D eigenvalue weighted by Gasteiger charge is 2.22. The molecule has 3 aromatic carbocycles. The van der Waals surface area contributed by atoms with Crippen LogP contribution in [0.5, 0.6) is 11.5 Å². The Balaban J connectivity index is 2.08. The molecule has 0 saturated heterocycles. The lowest BCUT2D eigenvalue weighted by Gasteiger charge is -2.19. The van der Waals surface area contributed by atoms with Gasteiger partial charge >= 0.3 is 0 Å². The van der Waals surface area contributed by atoms with Crippen LogP contribution in [0.2, 0.25) is 0 Å². The summed E-state index contributed by atoms with van der Waals surface area (Å²) < 4.78 is 30.8. The molecule has 5 N–H and O–H groups in total. The minimum absolute atomic E-state index is 0.101. The Bertz CT molecular complexity index is 1100. The number of ether oxygens (including phenoxy) is 1. The molecule has 6 nitrogen and oxygen atoms in total. The molecule has 0 aromatic heterocycles. The fraction of sp³-hybridized carbons (Fsp3) is 0.130. The Morgan fingerprint density at radius 1 is 1.00 bits per heavy atom. The van der Waals surface area contributed by atoms with E-state index in [2.05, 4.69) is 11.9 Å². The van der Waals surface area contributed by atoms with Crippen molar-refractivity contribution in [3.05, 3.63) is 96.6 Å². The number of benzene rings is 3. The van der Waals surface area contributed by atoms with E-state index in [0.717, 1.165) is 5.56 Å². The van der Waals surface area contributed by atoms with E-state index < -0.39 is 10.0 Å². The van der Waals surface area contributed by atoms with Crippen molar-refractivity contribution in [1.82, 2.24) is 0 Å². The topological polar surface area (TPSA) is 107 Å². The highest BCUT2D eigenvalue weighted by atomic mass is 32.2. The lowest BCUT2D eigenvalue weighted by Crippen LogP contribution is -2.20. The van der Waals surface area contributed by atoms with Crippen molar-refractivity contribution in [1.29, 1.82) is 0 Å². The van der Waals surface area contributed by atoms with E-state index >= 15 is 0 Å². The maximum atomic E-state index is 12.4. The third kappa shape index (κ3) is 5.70. The van der Waals surface area contributed by atoms with Gasteiger partial charge in [0.2, 0.25) is 10.0 Å². The number of hydrogen-bond acceptors (Lipinski definition) is 5. The Hall–Kier alpha value is -3.13. The van der Waals surface area contributed by atoms with Crippen molar-refractivity contribution in [2.24, 2.45) is 10.9 Å². The van der Waals surface area contributed by atoms with Crippen molar-refractivity contribution in [2.45, 2.75) is 23.9 Å². The van der Waals surface area contributed by atoms with Gasteiger partial charge in [-0.15, -0.1) is 6.58 Å². The van der Waals surface area contributed by atoms with Crippen LogP contribution < -0.4 is 20.9 Å². The Kier molecular flexibility index (Phi) is 6.89. The monoisotopic (exact) mass is 423 g/mol. The Morgan fingerprint density at radius 3 is 2.23 bits per heavy atom. The second-order valence-electron chi connectivity index (χ2n) is 6.87. The third-order valence-corrected chi connectivity index (χ3v) is 5.40. The normalized spacial score (nSPS) is 12.2. The number of sulfonamides is 1. The van der Waals surface area contributed by atoms with Crippen molar-refractivity contribution in [3.63, 3.8) is 0 Å². The van der Waals surface area contributed by atoms with Gasteiger partial charge in [-0.3, -0.25) is 0 Å². The van der Waals surface area contributed by atoms with E-state index in [9.17, 15) is 8.42 Å². The molecule has 3 rings (SSSR count). The summed E-state index contributed by atoms with van der Waals surface area (Å²) >= 11 is 0. The molecule has 30 heavy (non-hydrogen) atoms. The van der Waals surface area contributed by atoms with Gasteiger partial charge in [0, 0.05) is 12.6 Å². The van der Waals surface area contributed by atoms with Gasteiger partial charge in [0.1, 0.15) is 10.6 Å². The first-order chi connectivity index (χ1) is 14.4. The first-order valence-electron chi connectivity index (χ1n) is 9.45. The fourth-order valence-electron chi connectivity index (χ4n) is 2.98. The maximum Gasteiger partial charge on any atom is 0.241 e. The SMILES string of the molecule is C=CC(N)Cc1cc(NCc2ccccc2)c(Oc2ccccc2)c(S(N)(=O)=O)c1. The predicted molar refractivity (Wildman–Crippen MR) is 120 cm³/mol. The number of primary sulfonamides is 1. The summed E-state index contributed by atoms with van der Waals surface area (Å²) in [5.41, 5.74) is 8.25. The number of hydrogen-bond donors (Lipinski definition) is 3. The van der Waals surface area contributed by atoms with E-state index in [1.807, 2.05) is 42.5 Å². The number of rotatable bonds is 9. The van der Waals surface area contributed by atoms with Gasteiger partial charge in [-0.25, -0.2) is 13.6 Å². The largest absolute Gasteiger partial charge is 0.454 e. The second kappa shape index (κ2) is 9.58. The fourth-order valence-corrected chi connectivity index (χ4v) is 3.71. The molecular weight excluding hydrogens is 398 g/mol. The molecule has 0 spiro atoms. The standard InChI is InChI=1S/C23H25N3O3S/c1-2-19(24)13-18-14-21(26-16-17-9-5-3-6-10-17)23(22(15-18)30(25,27)28)29-20-11-7-4-8-12-20/h2-12,14-15,19,26H,1,13,16,24H2,(H2,25,27,28). The van der Waals surface area contributed by atoms with Crippen LogP contribution in [0.4, 0.5) is 5.69 Å². The quantitative estimate of drug-likeness (QED) is 0.454. The van der Waals surface area contributed by atoms with E-state index in [0.29, 0.717) is 30.0 Å². The zero-order chi connectivity index (χ0) is 21.6. The molecule has 0 amide bonds. The van der Waals surface area contributed by atoms with Crippen LogP contribution in [0.3, 0.4) is 0 Å². The molecule has 0 heterocycles. The first kappa shape index (κ1) is 21.6. The molecule has 1 atom stereocenters. The summed E-state index contributed by atoms with van der Waals surface area (Å²) in [7, 11) is -4.06. The van der Waals surface area contributed by atoms with Crippen molar-refractivity contribution in [2.75, 3.05) is 5.32 Å². The number of para-hydroxylation sites is 1. The van der Waals surface area contributed by atoms with E-state index in [-0.39, 0.29) is 16.7 Å². The minimum Gasteiger partial charge on any atom is -0.454 e. The highest BCUT2D eigenvalue weighted by Crippen LogP contribution is 2.37. The van der Waals surface area contributed by atoms with Gasteiger partial charge < -0.3 is 15.8 Å². The van der Waals surface area contributed by atoms with E-state index in [4.69, 9.17) is 15.6 Å². The Morgan fingerprint density at radius 2 is 1.63 bits per heavy atom. The van der Waals surface area contributed by atoms with Gasteiger partial charge in [-0.05, 0) is 41.8 Å². The average molecular weight is 424 g/mol. The zero-order valence-electron chi connectivity index (χ0n) is 16.5. The van der Waals surface area contributed by atoms with E-state index in [1.54, 1.807) is 30.3 Å². The number of nitrogens with two attached hydrogens (primary N) is 2. The average Bonchev–Trinajstić information content (AvgIpc) is 2.74. The van der Waals surface area contributed by atoms with Crippen LogP contribution in [-0.4, -0.2) is 14.5 Å². The molecular formula is C23H25N3O3S. The van der Waals surface area contributed by atoms with Crippen LogP contribution >= 0.6 is 0 Å². The van der Waals surface area contributed by atoms with Crippen LogP contribution in [0.25, 0.3) is 0 Å². The summed E-state index contributed by atoms with van der Waals surface area (Å²) in [6.45, 7) is 4.17. The summed E-state index contributed by atoms with van der Waals surface area (Å²) in [4.78, 5) is -0.101. The molecule has 0 aliphatic carbocycles. The molecule has 0 radical (unpaired) electrons. The Labute approximate surface area is 177 Å². The van der Waals surface area contributed by atoms with Crippen LogP contribution in [0.15, 0.2) is 90.3 Å². The summed E-state index contributed by atoms with van der Waals surface area (Å²) in [6, 6.07) is 21.7. The summed E-state index contributed by atoms with van der Waals surface area (Å²) in [5, 5.41) is 8.81. The molecule has 1 unspecified atom stereocenters. The molecule has 3 aromatic rings. The molecule has 0 saturated carbocycles. The molecule has 0 bridgehead atoms. The third-order valence-electron chi connectivity index (χ3n) is 4.48. The van der Waals surface area contributed by atoms with Crippen molar-refractivity contribution in [3.8, 4) is 11.5 Å². The summed E-state index contributed by atoms with van der Waals surface area (Å²) in [6.07, 6.45) is 2.03. The molecule has 7 heteroatoms. The molecule has 156 valence electrons. The molecule has 0 aliphatic rings. The van der Waals surface area contributed by atoms with Gasteiger partial charge in [0.15, 0.2) is 5.75 Å². The van der Waals surface area contributed by atoms with Gasteiger partial charge in [0.25, 0.3) is 0 Å². The van der Waals surface area contributed by atoms with Gasteiger partial charge in [0.05, 0.1) is 5.69 Å².